The van der Waals surface area contributed by atoms with Crippen molar-refractivity contribution in [3.05, 3.63) is 0 Å². The fourth-order valence-corrected chi connectivity index (χ4v) is 4.57. The lowest BCUT2D eigenvalue weighted by Crippen LogP contribution is -2.43. The third-order valence-corrected chi connectivity index (χ3v) is 6.42. The highest BCUT2D eigenvalue weighted by molar-refractivity contribution is 7.99. The molecule has 0 aromatic rings. The molecular formula is C11H18N2O5S2. The van der Waals surface area contributed by atoms with E-state index in [-0.39, 0.29) is 12.3 Å². The van der Waals surface area contributed by atoms with Crippen molar-refractivity contribution in [3.63, 3.8) is 0 Å². The predicted molar refractivity (Wildman–Crippen MR) is 75.0 cm³/mol. The molecule has 1 aliphatic heterocycles. The molecule has 1 saturated carbocycles. The van der Waals surface area contributed by atoms with Gasteiger partial charge in [0.25, 0.3) is 0 Å². The molecule has 0 unspecified atom stereocenters. The Hall–Kier alpha value is -0.800. The molecule has 114 valence electrons. The topological polar surface area (TPSA) is 104 Å². The zero-order valence-corrected chi connectivity index (χ0v) is 12.6. The van der Waals surface area contributed by atoms with Gasteiger partial charge in [0.05, 0.1) is 5.75 Å². The van der Waals surface area contributed by atoms with Gasteiger partial charge in [0.15, 0.2) is 0 Å². The largest absolute Gasteiger partial charge is 0.480 e. The molecule has 2 fully saturated rings. The van der Waals surface area contributed by atoms with E-state index in [1.165, 1.54) is 4.31 Å². The van der Waals surface area contributed by atoms with E-state index in [4.69, 9.17) is 5.11 Å². The predicted octanol–water partition coefficient (Wildman–Crippen LogP) is -0.654. The summed E-state index contributed by atoms with van der Waals surface area (Å²) < 4.78 is 25.5. The summed E-state index contributed by atoms with van der Waals surface area (Å²) in [6.45, 7) is 0.958. The molecule has 0 atom stereocenters. The van der Waals surface area contributed by atoms with Gasteiger partial charge in [-0.05, 0) is 12.8 Å². The summed E-state index contributed by atoms with van der Waals surface area (Å²) in [6, 6.07) is 0. The summed E-state index contributed by atoms with van der Waals surface area (Å²) in [5.41, 5.74) is -1.31. The second-order valence-electron chi connectivity index (χ2n) is 4.97. The number of carbonyl (C=O) groups is 2. The number of sulfonamides is 1. The first-order valence-electron chi connectivity index (χ1n) is 6.46. The molecule has 9 heteroatoms. The molecule has 0 bridgehead atoms. The first-order chi connectivity index (χ1) is 9.38. The van der Waals surface area contributed by atoms with Gasteiger partial charge in [0.2, 0.25) is 15.9 Å². The molecule has 1 amide bonds. The van der Waals surface area contributed by atoms with Crippen molar-refractivity contribution in [1.29, 1.82) is 0 Å². The number of carboxylic acid groups (broad SMARTS) is 1. The van der Waals surface area contributed by atoms with Crippen LogP contribution in [0.25, 0.3) is 0 Å². The SMILES string of the molecule is O=C(O)C1(C(=O)NCCS(=O)(=O)N2CCSCC2)CC1. The Kier molecular flexibility index (Phi) is 4.60. The van der Waals surface area contributed by atoms with Gasteiger partial charge in [-0.1, -0.05) is 0 Å². The van der Waals surface area contributed by atoms with Crippen molar-refractivity contribution < 1.29 is 23.1 Å². The van der Waals surface area contributed by atoms with E-state index in [9.17, 15) is 18.0 Å². The lowest BCUT2D eigenvalue weighted by atomic mass is 10.1. The summed E-state index contributed by atoms with van der Waals surface area (Å²) in [4.78, 5) is 22.7. The Labute approximate surface area is 122 Å². The zero-order valence-electron chi connectivity index (χ0n) is 11.0. The van der Waals surface area contributed by atoms with Crippen LogP contribution in [0.5, 0.6) is 0 Å². The maximum absolute atomic E-state index is 12.0. The highest BCUT2D eigenvalue weighted by atomic mass is 32.2. The minimum atomic E-state index is -3.37. The average Bonchev–Trinajstić information content (AvgIpc) is 3.21. The van der Waals surface area contributed by atoms with Crippen molar-refractivity contribution in [2.75, 3.05) is 36.9 Å². The molecule has 2 N–H and O–H groups in total. The van der Waals surface area contributed by atoms with Crippen LogP contribution < -0.4 is 5.32 Å². The monoisotopic (exact) mass is 322 g/mol. The molecule has 0 radical (unpaired) electrons. The Bertz CT molecular complexity index is 495. The highest BCUT2D eigenvalue weighted by Gasteiger charge is 2.56. The number of aliphatic carboxylic acids is 1. The number of carbonyl (C=O) groups excluding carboxylic acids is 1. The highest BCUT2D eigenvalue weighted by Crippen LogP contribution is 2.45. The van der Waals surface area contributed by atoms with Crippen molar-refractivity contribution in [2.45, 2.75) is 12.8 Å². The van der Waals surface area contributed by atoms with E-state index in [2.05, 4.69) is 5.32 Å². The molecule has 20 heavy (non-hydrogen) atoms. The summed E-state index contributed by atoms with van der Waals surface area (Å²) >= 11 is 1.72. The van der Waals surface area contributed by atoms with Gasteiger partial charge < -0.3 is 10.4 Å². The van der Waals surface area contributed by atoms with E-state index in [0.717, 1.165) is 11.5 Å². The molecule has 0 aromatic carbocycles. The first-order valence-corrected chi connectivity index (χ1v) is 9.22. The third-order valence-electron chi connectivity index (χ3n) is 3.60. The second kappa shape index (κ2) is 5.90. The van der Waals surface area contributed by atoms with E-state index >= 15 is 0 Å². The smallest absolute Gasteiger partial charge is 0.319 e. The van der Waals surface area contributed by atoms with Gasteiger partial charge in [-0.2, -0.15) is 11.8 Å². The first kappa shape index (κ1) is 15.6. The Morgan fingerprint density at radius 3 is 2.35 bits per heavy atom. The number of nitrogens with zero attached hydrogens (tertiary/aromatic N) is 1. The summed E-state index contributed by atoms with van der Waals surface area (Å²) in [6.07, 6.45) is 0.647. The van der Waals surface area contributed by atoms with Crippen LogP contribution in [0, 0.1) is 5.41 Å². The van der Waals surface area contributed by atoms with E-state index in [1.807, 2.05) is 0 Å². The number of carboxylic acids is 1. The van der Waals surface area contributed by atoms with Crippen molar-refractivity contribution in [2.24, 2.45) is 5.41 Å². The van der Waals surface area contributed by atoms with Gasteiger partial charge in [-0.25, -0.2) is 12.7 Å². The molecule has 7 nitrogen and oxygen atoms in total. The maximum Gasteiger partial charge on any atom is 0.319 e. The number of rotatable bonds is 6. The zero-order chi connectivity index (χ0) is 14.8. The molecule has 1 saturated heterocycles. The molecule has 1 aliphatic carbocycles. The molecular weight excluding hydrogens is 304 g/mol. The van der Waals surface area contributed by atoms with Crippen molar-refractivity contribution in [3.8, 4) is 0 Å². The quantitative estimate of drug-likeness (QED) is 0.630. The number of hydrogen-bond acceptors (Lipinski definition) is 5. The minimum Gasteiger partial charge on any atom is -0.480 e. The van der Waals surface area contributed by atoms with Gasteiger partial charge in [-0.15, -0.1) is 0 Å². The molecule has 0 aromatic heterocycles. The van der Waals surface area contributed by atoms with Crippen LogP contribution in [-0.2, 0) is 19.6 Å². The summed E-state index contributed by atoms with van der Waals surface area (Å²) in [7, 11) is -3.37. The number of nitrogens with one attached hydrogen (secondary N) is 1. The normalized spacial score (nSPS) is 22.2. The summed E-state index contributed by atoms with van der Waals surface area (Å²) in [5, 5.41) is 11.4. The Morgan fingerprint density at radius 1 is 1.25 bits per heavy atom. The van der Waals surface area contributed by atoms with Crippen LogP contribution in [0.2, 0.25) is 0 Å². The minimum absolute atomic E-state index is 0.0418. The van der Waals surface area contributed by atoms with Crippen LogP contribution in [0.1, 0.15) is 12.8 Å². The number of thioether (sulfide) groups is 1. The number of hydrogen-bond donors (Lipinski definition) is 2. The molecule has 2 aliphatic rings. The Balaban J connectivity index is 1.80. The average molecular weight is 322 g/mol. The van der Waals surface area contributed by atoms with Gasteiger partial charge >= 0.3 is 5.97 Å². The molecule has 1 heterocycles. The van der Waals surface area contributed by atoms with Gasteiger partial charge in [0, 0.05) is 31.1 Å². The van der Waals surface area contributed by atoms with Crippen LogP contribution >= 0.6 is 11.8 Å². The lowest BCUT2D eigenvalue weighted by molar-refractivity contribution is -0.148. The fourth-order valence-electron chi connectivity index (χ4n) is 2.08. The third kappa shape index (κ3) is 3.26. The van der Waals surface area contributed by atoms with Crippen molar-refractivity contribution >= 4 is 33.7 Å². The van der Waals surface area contributed by atoms with E-state index in [1.54, 1.807) is 11.8 Å². The molecule has 0 spiro atoms. The van der Waals surface area contributed by atoms with Crippen LogP contribution in [-0.4, -0.2) is 66.6 Å². The van der Waals surface area contributed by atoms with Crippen LogP contribution in [0.15, 0.2) is 0 Å². The van der Waals surface area contributed by atoms with Crippen LogP contribution in [0.3, 0.4) is 0 Å². The second-order valence-corrected chi connectivity index (χ2v) is 8.28. The van der Waals surface area contributed by atoms with Crippen molar-refractivity contribution in [1.82, 2.24) is 9.62 Å². The van der Waals surface area contributed by atoms with Gasteiger partial charge in [-0.3, -0.25) is 9.59 Å². The van der Waals surface area contributed by atoms with E-state index in [0.29, 0.717) is 25.9 Å². The van der Waals surface area contributed by atoms with E-state index < -0.39 is 27.3 Å². The van der Waals surface area contributed by atoms with Gasteiger partial charge in [0.1, 0.15) is 5.41 Å². The fraction of sp³-hybridized carbons (Fsp3) is 0.818. The van der Waals surface area contributed by atoms with Crippen LogP contribution in [0.4, 0.5) is 0 Å². The Morgan fingerprint density at radius 2 is 1.85 bits per heavy atom. The lowest BCUT2D eigenvalue weighted by Gasteiger charge is -2.25. The standard InChI is InChI=1S/C11H18N2O5S2/c14-9(11(1-2-11)10(15)16)12-3-8-20(17,18)13-4-6-19-7-5-13/h1-8H2,(H,12,14)(H,15,16). The number of amides is 1. The maximum atomic E-state index is 12.0. The summed E-state index contributed by atoms with van der Waals surface area (Å²) in [5.74, 6) is -0.319. The molecule has 2 rings (SSSR count).